The molecule has 0 amide bonds. The number of nitrogens with zero attached hydrogens (tertiary/aromatic N) is 1. The average molecular weight is 272 g/mol. The van der Waals surface area contributed by atoms with E-state index in [2.05, 4.69) is 31.0 Å². The lowest BCUT2D eigenvalue weighted by atomic mass is 9.87. The van der Waals surface area contributed by atoms with Crippen LogP contribution in [0.25, 0.3) is 0 Å². The van der Waals surface area contributed by atoms with Gasteiger partial charge in [0, 0.05) is 32.3 Å². The van der Waals surface area contributed by atoms with Crippen molar-refractivity contribution >= 4 is 0 Å². The van der Waals surface area contributed by atoms with Gasteiger partial charge in [0.2, 0.25) is 0 Å². The summed E-state index contributed by atoms with van der Waals surface area (Å²) in [4.78, 5) is 2.56. The summed E-state index contributed by atoms with van der Waals surface area (Å²) in [5.74, 6) is 0.708. The van der Waals surface area contributed by atoms with Crippen LogP contribution in [-0.2, 0) is 9.47 Å². The van der Waals surface area contributed by atoms with Crippen molar-refractivity contribution in [2.75, 3.05) is 46.6 Å². The van der Waals surface area contributed by atoms with Gasteiger partial charge in [-0.2, -0.15) is 0 Å². The Kier molecular flexibility index (Phi) is 8.62. The van der Waals surface area contributed by atoms with Crippen LogP contribution in [0.15, 0.2) is 0 Å². The first-order chi connectivity index (χ1) is 9.20. The highest BCUT2D eigenvalue weighted by Gasteiger charge is 2.31. The fraction of sp³-hybridized carbons (Fsp3) is 1.00. The van der Waals surface area contributed by atoms with E-state index in [9.17, 15) is 0 Å². The number of nitrogens with one attached hydrogen (secondary N) is 1. The van der Waals surface area contributed by atoms with Crippen LogP contribution in [0, 0.1) is 5.92 Å². The van der Waals surface area contributed by atoms with E-state index >= 15 is 0 Å². The summed E-state index contributed by atoms with van der Waals surface area (Å²) in [5, 5.41) is 3.68. The molecule has 0 aromatic heterocycles. The van der Waals surface area contributed by atoms with E-state index in [4.69, 9.17) is 9.47 Å². The van der Waals surface area contributed by atoms with Crippen molar-refractivity contribution in [2.45, 2.75) is 45.7 Å². The number of methoxy groups -OCH3 is 1. The summed E-state index contributed by atoms with van der Waals surface area (Å²) in [6, 6.07) is 1.31. The fourth-order valence-corrected chi connectivity index (χ4v) is 2.80. The zero-order valence-electron chi connectivity index (χ0n) is 13.2. The van der Waals surface area contributed by atoms with Gasteiger partial charge in [0.25, 0.3) is 0 Å². The minimum atomic E-state index is 0.633. The number of ether oxygens (including phenoxy) is 2. The van der Waals surface area contributed by atoms with Gasteiger partial charge < -0.3 is 14.8 Å². The highest BCUT2D eigenvalue weighted by molar-refractivity contribution is 4.88. The molecule has 0 aliphatic carbocycles. The first-order valence-corrected chi connectivity index (χ1v) is 7.74. The van der Waals surface area contributed by atoms with Gasteiger partial charge >= 0.3 is 0 Å². The molecular weight excluding hydrogens is 240 g/mol. The van der Waals surface area contributed by atoms with E-state index in [1.807, 2.05) is 0 Å². The topological polar surface area (TPSA) is 33.7 Å². The molecule has 1 fully saturated rings. The van der Waals surface area contributed by atoms with Crippen LogP contribution >= 0.6 is 0 Å². The Morgan fingerprint density at radius 3 is 2.68 bits per heavy atom. The monoisotopic (exact) mass is 272 g/mol. The van der Waals surface area contributed by atoms with Crippen LogP contribution in [-0.4, -0.2) is 63.5 Å². The lowest BCUT2D eigenvalue weighted by Crippen LogP contribution is -2.54. The molecule has 1 heterocycles. The highest BCUT2D eigenvalue weighted by atomic mass is 16.5. The molecule has 1 rings (SSSR count). The van der Waals surface area contributed by atoms with Gasteiger partial charge in [0.15, 0.2) is 0 Å². The van der Waals surface area contributed by atoms with Crippen LogP contribution in [0.2, 0.25) is 0 Å². The third-order valence-electron chi connectivity index (χ3n) is 4.31. The third kappa shape index (κ3) is 5.78. The molecular formula is C15H32N2O2. The van der Waals surface area contributed by atoms with Crippen molar-refractivity contribution < 1.29 is 9.47 Å². The Balaban J connectivity index is 2.23. The van der Waals surface area contributed by atoms with Gasteiger partial charge in [-0.05, 0) is 32.2 Å². The van der Waals surface area contributed by atoms with Gasteiger partial charge in [0.1, 0.15) is 0 Å². The van der Waals surface area contributed by atoms with Gasteiger partial charge in [-0.3, -0.25) is 4.90 Å². The highest BCUT2D eigenvalue weighted by Crippen LogP contribution is 2.23. The summed E-state index contributed by atoms with van der Waals surface area (Å²) in [5.41, 5.74) is 0. The number of piperidine rings is 1. The second kappa shape index (κ2) is 9.70. The van der Waals surface area contributed by atoms with Crippen molar-refractivity contribution in [3.63, 3.8) is 0 Å². The zero-order valence-corrected chi connectivity index (χ0v) is 13.2. The van der Waals surface area contributed by atoms with Gasteiger partial charge in [-0.15, -0.1) is 0 Å². The normalized spacial score (nSPS) is 28.7. The molecule has 0 saturated carbocycles. The third-order valence-corrected chi connectivity index (χ3v) is 4.31. The predicted molar refractivity (Wildman–Crippen MR) is 79.6 cm³/mol. The average Bonchev–Trinajstić information content (AvgIpc) is 2.42. The van der Waals surface area contributed by atoms with E-state index in [1.165, 1.54) is 19.4 Å². The number of hydrogen-bond donors (Lipinski definition) is 1. The minimum Gasteiger partial charge on any atom is -0.382 e. The molecule has 0 aromatic rings. The summed E-state index contributed by atoms with van der Waals surface area (Å²) < 4.78 is 10.5. The SMILES string of the molecule is CCCNC1CCN(CCOCCOC)C(C)C1C. The Bertz CT molecular complexity index is 224. The van der Waals surface area contributed by atoms with E-state index in [1.54, 1.807) is 7.11 Å². The predicted octanol–water partition coefficient (Wildman–Crippen LogP) is 1.75. The van der Waals surface area contributed by atoms with E-state index in [0.29, 0.717) is 31.2 Å². The lowest BCUT2D eigenvalue weighted by Gasteiger charge is -2.43. The zero-order chi connectivity index (χ0) is 14.1. The van der Waals surface area contributed by atoms with Crippen LogP contribution in [0.1, 0.15) is 33.6 Å². The summed E-state index contributed by atoms with van der Waals surface area (Å²) >= 11 is 0. The van der Waals surface area contributed by atoms with Gasteiger partial charge in [0.05, 0.1) is 19.8 Å². The molecule has 0 spiro atoms. The molecule has 114 valence electrons. The molecule has 0 aromatic carbocycles. The van der Waals surface area contributed by atoms with Crippen molar-refractivity contribution in [1.82, 2.24) is 10.2 Å². The van der Waals surface area contributed by atoms with E-state index in [-0.39, 0.29) is 0 Å². The first kappa shape index (κ1) is 16.9. The molecule has 3 unspecified atom stereocenters. The largest absolute Gasteiger partial charge is 0.382 e. The van der Waals surface area contributed by atoms with Crippen LogP contribution < -0.4 is 5.32 Å². The minimum absolute atomic E-state index is 0.633. The summed E-state index contributed by atoms with van der Waals surface area (Å²) in [6.07, 6.45) is 2.47. The number of hydrogen-bond acceptors (Lipinski definition) is 4. The maximum absolute atomic E-state index is 5.57. The van der Waals surface area contributed by atoms with Crippen molar-refractivity contribution in [2.24, 2.45) is 5.92 Å². The van der Waals surface area contributed by atoms with Crippen LogP contribution in [0.4, 0.5) is 0 Å². The molecule has 3 atom stereocenters. The summed E-state index contributed by atoms with van der Waals surface area (Å²) in [6.45, 7) is 12.5. The quantitative estimate of drug-likeness (QED) is 0.648. The second-order valence-corrected chi connectivity index (χ2v) is 5.59. The van der Waals surface area contributed by atoms with Gasteiger partial charge in [-0.25, -0.2) is 0 Å². The Labute approximate surface area is 118 Å². The molecule has 0 bridgehead atoms. The molecule has 19 heavy (non-hydrogen) atoms. The standard InChI is InChI=1S/C15H32N2O2/c1-5-7-16-15-6-8-17(14(3)13(15)2)9-10-19-12-11-18-4/h13-16H,5-12H2,1-4H3. The molecule has 1 aliphatic heterocycles. The fourth-order valence-electron chi connectivity index (χ4n) is 2.80. The molecule has 0 radical (unpaired) electrons. The van der Waals surface area contributed by atoms with Crippen molar-refractivity contribution in [1.29, 1.82) is 0 Å². The van der Waals surface area contributed by atoms with E-state index < -0.39 is 0 Å². The van der Waals surface area contributed by atoms with Crippen molar-refractivity contribution in [3.05, 3.63) is 0 Å². The molecule has 4 nitrogen and oxygen atoms in total. The Morgan fingerprint density at radius 2 is 2.00 bits per heavy atom. The second-order valence-electron chi connectivity index (χ2n) is 5.59. The molecule has 4 heteroatoms. The Hall–Kier alpha value is -0.160. The number of rotatable bonds is 9. The first-order valence-electron chi connectivity index (χ1n) is 7.74. The smallest absolute Gasteiger partial charge is 0.0700 e. The maximum Gasteiger partial charge on any atom is 0.0700 e. The van der Waals surface area contributed by atoms with Gasteiger partial charge in [-0.1, -0.05) is 13.8 Å². The van der Waals surface area contributed by atoms with E-state index in [0.717, 1.165) is 19.7 Å². The van der Waals surface area contributed by atoms with Crippen molar-refractivity contribution in [3.8, 4) is 0 Å². The summed E-state index contributed by atoms with van der Waals surface area (Å²) in [7, 11) is 1.71. The van der Waals surface area contributed by atoms with Crippen LogP contribution in [0.3, 0.4) is 0 Å². The van der Waals surface area contributed by atoms with Crippen LogP contribution in [0.5, 0.6) is 0 Å². The lowest BCUT2D eigenvalue weighted by molar-refractivity contribution is 0.0276. The molecule has 1 saturated heterocycles. The molecule has 1 aliphatic rings. The Morgan fingerprint density at radius 1 is 1.21 bits per heavy atom. The maximum atomic E-state index is 5.57. The molecule has 1 N–H and O–H groups in total. The number of likely N-dealkylation sites (tertiary alicyclic amines) is 1.